The molecule has 5 aliphatic rings. The van der Waals surface area contributed by atoms with Crippen LogP contribution in [0.3, 0.4) is 0 Å². The third kappa shape index (κ3) is 5.58. The molecule has 0 radical (unpaired) electrons. The minimum Gasteiger partial charge on any atom is -0.308 e. The summed E-state index contributed by atoms with van der Waals surface area (Å²) in [7, 11) is 0. The number of aromatic nitrogens is 4. The molecule has 0 amide bonds. The van der Waals surface area contributed by atoms with Crippen molar-refractivity contribution in [3.8, 4) is 50.7 Å². The van der Waals surface area contributed by atoms with Gasteiger partial charge in [-0.3, -0.25) is 0 Å². The number of para-hydroxylation sites is 2. The minimum atomic E-state index is -0.418. The van der Waals surface area contributed by atoms with Crippen LogP contribution in [0.25, 0.3) is 83.7 Å². The molecule has 68 heavy (non-hydrogen) atoms. The maximum Gasteiger partial charge on any atom is 0.166 e. The van der Waals surface area contributed by atoms with Crippen LogP contribution in [0.2, 0.25) is 0 Å². The zero-order chi connectivity index (χ0) is 44.9. The molecule has 9 aromatic rings. The molecule has 0 saturated heterocycles. The van der Waals surface area contributed by atoms with Crippen LogP contribution >= 0.6 is 0 Å². The van der Waals surface area contributed by atoms with E-state index in [-0.39, 0.29) is 0 Å². The highest BCUT2D eigenvalue weighted by molar-refractivity contribution is 6.17. The van der Waals surface area contributed by atoms with Crippen LogP contribution in [-0.2, 0) is 5.41 Å². The second-order valence-corrected chi connectivity index (χ2v) is 19.1. The topological polar surface area (TPSA) is 43.6 Å². The number of aryl methyl sites for hydroxylation is 1. The molecule has 2 aromatic heterocycles. The molecule has 0 bridgehead atoms. The molecule has 2 heterocycles. The minimum absolute atomic E-state index is 0.418. The predicted molar refractivity (Wildman–Crippen MR) is 280 cm³/mol. The van der Waals surface area contributed by atoms with Gasteiger partial charge in [0.2, 0.25) is 0 Å². The highest BCUT2D eigenvalue weighted by atomic mass is 15.1. The first-order valence-corrected chi connectivity index (χ1v) is 24.4. The SMILES string of the molecule is Cc1cccc(-c2nc(C3=CC=CCC=C3)nc(-c3ccccc3-n3c4ccccc4c4ccc5c(c43)-c3ccccc3C53C4=C(CCC=C4)c4ccccc43)n2)c1-c1ccccc1C1CCC1. The van der Waals surface area contributed by atoms with Crippen molar-refractivity contribution in [2.24, 2.45) is 0 Å². The van der Waals surface area contributed by atoms with E-state index in [0.717, 1.165) is 47.2 Å². The number of hydrogen-bond acceptors (Lipinski definition) is 3. The Balaban J connectivity index is 1.05. The maximum atomic E-state index is 5.58. The zero-order valence-corrected chi connectivity index (χ0v) is 38.1. The predicted octanol–water partition coefficient (Wildman–Crippen LogP) is 15.9. The third-order valence-corrected chi connectivity index (χ3v) is 15.6. The van der Waals surface area contributed by atoms with Gasteiger partial charge < -0.3 is 4.57 Å². The van der Waals surface area contributed by atoms with Crippen LogP contribution in [-0.4, -0.2) is 19.5 Å². The number of fused-ring (bicyclic) bond motifs is 13. The van der Waals surface area contributed by atoms with Gasteiger partial charge in [-0.1, -0.05) is 182 Å². The Kier molecular flexibility index (Phi) is 8.83. The molecule has 1 saturated carbocycles. The summed E-state index contributed by atoms with van der Waals surface area (Å²) in [6.07, 6.45) is 22.3. The molecule has 1 spiro atoms. The van der Waals surface area contributed by atoms with E-state index in [0.29, 0.717) is 23.4 Å². The average Bonchev–Trinajstić information content (AvgIpc) is 3.86. The molecule has 4 heteroatoms. The van der Waals surface area contributed by atoms with Crippen molar-refractivity contribution < 1.29 is 0 Å². The van der Waals surface area contributed by atoms with Crippen LogP contribution in [0.4, 0.5) is 0 Å². The molecule has 1 atom stereocenters. The first-order valence-electron chi connectivity index (χ1n) is 24.4. The Morgan fingerprint density at radius 2 is 1.25 bits per heavy atom. The summed E-state index contributed by atoms with van der Waals surface area (Å²) >= 11 is 0. The van der Waals surface area contributed by atoms with Crippen molar-refractivity contribution >= 4 is 33.0 Å². The molecule has 1 fully saturated rings. The van der Waals surface area contributed by atoms with Crippen molar-refractivity contribution in [1.82, 2.24) is 19.5 Å². The Labute approximate surface area is 397 Å². The first-order chi connectivity index (χ1) is 33.7. The number of rotatable bonds is 6. The van der Waals surface area contributed by atoms with Crippen molar-refractivity contribution in [3.63, 3.8) is 0 Å². The molecule has 4 nitrogen and oxygen atoms in total. The van der Waals surface area contributed by atoms with Gasteiger partial charge in [-0.05, 0) is 124 Å². The van der Waals surface area contributed by atoms with Gasteiger partial charge in [-0.25, -0.2) is 15.0 Å². The summed E-state index contributed by atoms with van der Waals surface area (Å²) in [6.45, 7) is 2.23. The van der Waals surface area contributed by atoms with E-state index < -0.39 is 5.41 Å². The maximum absolute atomic E-state index is 5.58. The molecular formula is C64H48N4. The molecule has 7 aromatic carbocycles. The van der Waals surface area contributed by atoms with E-state index in [4.69, 9.17) is 15.0 Å². The van der Waals surface area contributed by atoms with Gasteiger partial charge >= 0.3 is 0 Å². The van der Waals surface area contributed by atoms with Gasteiger partial charge in [0.05, 0.1) is 22.1 Å². The number of hydrogen-bond donors (Lipinski definition) is 0. The summed E-state index contributed by atoms with van der Waals surface area (Å²) in [5, 5.41) is 2.45. The summed E-state index contributed by atoms with van der Waals surface area (Å²) < 4.78 is 2.52. The van der Waals surface area contributed by atoms with Crippen LogP contribution < -0.4 is 0 Å². The highest BCUT2D eigenvalue weighted by Crippen LogP contribution is 2.64. The van der Waals surface area contributed by atoms with Gasteiger partial charge in [0.25, 0.3) is 0 Å². The highest BCUT2D eigenvalue weighted by Gasteiger charge is 2.53. The van der Waals surface area contributed by atoms with E-state index in [2.05, 4.69) is 206 Å². The summed E-state index contributed by atoms with van der Waals surface area (Å²) in [6, 6.07) is 56.5. The summed E-state index contributed by atoms with van der Waals surface area (Å²) in [5.41, 5.74) is 22.0. The largest absolute Gasteiger partial charge is 0.308 e. The number of allylic oxidation sites excluding steroid dienone is 10. The van der Waals surface area contributed by atoms with Gasteiger partial charge in [-0.2, -0.15) is 0 Å². The summed E-state index contributed by atoms with van der Waals surface area (Å²) in [5.74, 6) is 2.54. The van der Waals surface area contributed by atoms with Crippen molar-refractivity contribution in [3.05, 3.63) is 239 Å². The smallest absolute Gasteiger partial charge is 0.166 e. The second kappa shape index (κ2) is 15.3. The standard InChI is InChI=1S/C64H48N4/c1-40-20-18-32-51(58(40)47-29-7-6-25-43(47)41-23-19-24-41)63-66-61(42-21-4-2-3-5-22-42)65-62(67-63)50-31-12-17-37-57(50)68-56-36-16-11-28-46(56)48-38-39-55-59(60(48)68)49-30-10-15-35-54(49)64(55)52-33-13-8-26-44(52)45-27-9-14-34-53(45)64/h2,4-8,10-18,20-22,25-26,28-39,41H,3,9,19,23-24,27H2,1H3. The monoisotopic (exact) mass is 872 g/mol. The molecule has 0 aliphatic heterocycles. The van der Waals surface area contributed by atoms with Crippen molar-refractivity contribution in [1.29, 1.82) is 0 Å². The Morgan fingerprint density at radius 3 is 2.10 bits per heavy atom. The van der Waals surface area contributed by atoms with E-state index >= 15 is 0 Å². The normalized spacial score (nSPS) is 17.9. The van der Waals surface area contributed by atoms with Crippen LogP contribution in [0, 0.1) is 6.92 Å². The molecule has 1 unspecified atom stereocenters. The van der Waals surface area contributed by atoms with Gasteiger partial charge in [-0.15, -0.1) is 0 Å². The average molecular weight is 873 g/mol. The molecule has 14 rings (SSSR count). The lowest BCUT2D eigenvalue weighted by atomic mass is 9.69. The number of nitrogens with zero attached hydrogens (tertiary/aromatic N) is 4. The lowest BCUT2D eigenvalue weighted by molar-refractivity contribution is 0.420. The fourth-order valence-corrected chi connectivity index (χ4v) is 12.5. The first kappa shape index (κ1) is 39.2. The van der Waals surface area contributed by atoms with E-state index in [1.165, 1.54) is 102 Å². The van der Waals surface area contributed by atoms with Gasteiger partial charge in [0.15, 0.2) is 17.5 Å². The van der Waals surface area contributed by atoms with Crippen molar-refractivity contribution in [2.75, 3.05) is 0 Å². The molecule has 324 valence electrons. The van der Waals surface area contributed by atoms with Crippen LogP contribution in [0.15, 0.2) is 200 Å². The quantitative estimate of drug-likeness (QED) is 0.167. The second-order valence-electron chi connectivity index (χ2n) is 19.1. The third-order valence-electron chi connectivity index (χ3n) is 15.6. The Bertz CT molecular complexity index is 3770. The van der Waals surface area contributed by atoms with Crippen LogP contribution in [0.1, 0.15) is 83.6 Å². The van der Waals surface area contributed by atoms with Gasteiger partial charge in [0.1, 0.15) is 0 Å². The van der Waals surface area contributed by atoms with Gasteiger partial charge in [0, 0.05) is 33.0 Å². The molecular weight excluding hydrogens is 825 g/mol. The number of benzene rings is 7. The fourth-order valence-electron chi connectivity index (χ4n) is 12.5. The summed E-state index contributed by atoms with van der Waals surface area (Å²) in [4.78, 5) is 16.4. The Hall–Kier alpha value is -7.95. The van der Waals surface area contributed by atoms with E-state index in [9.17, 15) is 0 Å². The van der Waals surface area contributed by atoms with E-state index in [1.807, 2.05) is 0 Å². The van der Waals surface area contributed by atoms with Crippen molar-refractivity contribution in [2.45, 2.75) is 56.8 Å². The molecule has 0 N–H and O–H groups in total. The molecule has 5 aliphatic carbocycles. The lowest BCUT2D eigenvalue weighted by Crippen LogP contribution is -2.27. The lowest BCUT2D eigenvalue weighted by Gasteiger charge is -2.32. The van der Waals surface area contributed by atoms with E-state index in [1.54, 1.807) is 0 Å². The fraction of sp³-hybridized carbons (Fsp3) is 0.141. The Morgan fingerprint density at radius 1 is 0.544 bits per heavy atom. The van der Waals surface area contributed by atoms with Crippen LogP contribution in [0.5, 0.6) is 0 Å². The zero-order valence-electron chi connectivity index (χ0n) is 38.1.